The Labute approximate surface area is 177 Å². The molecule has 0 radical (unpaired) electrons. The smallest absolute Gasteiger partial charge is 0.257 e. The molecule has 2 atom stereocenters. The van der Waals surface area contributed by atoms with Crippen molar-refractivity contribution in [1.29, 1.82) is 0 Å². The van der Waals surface area contributed by atoms with Gasteiger partial charge in [0.2, 0.25) is 0 Å². The number of benzene rings is 1. The summed E-state index contributed by atoms with van der Waals surface area (Å²) in [4.78, 5) is 28.0. The Morgan fingerprint density at radius 2 is 2.03 bits per heavy atom. The van der Waals surface area contributed by atoms with E-state index in [0.717, 1.165) is 37.8 Å². The van der Waals surface area contributed by atoms with Crippen LogP contribution in [0.4, 0.5) is 0 Å². The fourth-order valence-corrected chi connectivity index (χ4v) is 4.57. The van der Waals surface area contributed by atoms with Crippen molar-refractivity contribution in [2.75, 3.05) is 19.7 Å². The number of fused-ring (bicyclic) bond motifs is 2. The van der Waals surface area contributed by atoms with E-state index in [1.54, 1.807) is 10.9 Å². The van der Waals surface area contributed by atoms with Crippen molar-refractivity contribution in [2.24, 2.45) is 13.0 Å². The minimum absolute atomic E-state index is 0.0373. The second-order valence-corrected chi connectivity index (χ2v) is 8.38. The third kappa shape index (κ3) is 4.35. The molecule has 1 aromatic heterocycles. The van der Waals surface area contributed by atoms with Crippen LogP contribution >= 0.6 is 0 Å². The molecule has 7 heteroatoms. The van der Waals surface area contributed by atoms with Crippen LogP contribution in [0.15, 0.2) is 30.5 Å². The van der Waals surface area contributed by atoms with Gasteiger partial charge in [-0.15, -0.1) is 0 Å². The Balaban J connectivity index is 1.51. The summed E-state index contributed by atoms with van der Waals surface area (Å²) in [6, 6.07) is 7.49. The molecular weight excluding hydrogens is 380 g/mol. The molecule has 4 rings (SSSR count). The van der Waals surface area contributed by atoms with E-state index < -0.39 is 0 Å². The highest BCUT2D eigenvalue weighted by atomic mass is 16.5. The number of nitrogens with one attached hydrogen (secondary N) is 1. The number of piperidine rings is 1. The summed E-state index contributed by atoms with van der Waals surface area (Å²) in [5.74, 6) is 0.835. The van der Waals surface area contributed by atoms with Gasteiger partial charge in [-0.2, -0.15) is 5.10 Å². The second kappa shape index (κ2) is 8.90. The Morgan fingerprint density at radius 3 is 2.83 bits per heavy atom. The number of para-hydroxylation sites is 1. The Kier molecular flexibility index (Phi) is 6.06. The normalized spacial score (nSPS) is 22.6. The number of hydrogen-bond acceptors (Lipinski definition) is 4. The van der Waals surface area contributed by atoms with Crippen molar-refractivity contribution in [1.82, 2.24) is 20.0 Å². The maximum absolute atomic E-state index is 13.1. The predicted molar refractivity (Wildman–Crippen MR) is 114 cm³/mol. The van der Waals surface area contributed by atoms with E-state index in [4.69, 9.17) is 4.74 Å². The molecule has 2 aliphatic heterocycles. The lowest BCUT2D eigenvalue weighted by Crippen LogP contribution is -2.52. The van der Waals surface area contributed by atoms with Gasteiger partial charge in [0, 0.05) is 32.4 Å². The minimum Gasteiger partial charge on any atom is -0.493 e. The van der Waals surface area contributed by atoms with Gasteiger partial charge in [0.15, 0.2) is 0 Å². The van der Waals surface area contributed by atoms with Crippen molar-refractivity contribution >= 4 is 11.8 Å². The van der Waals surface area contributed by atoms with Gasteiger partial charge in [0.1, 0.15) is 5.75 Å². The quantitative estimate of drug-likeness (QED) is 0.784. The molecule has 2 aromatic rings. The van der Waals surface area contributed by atoms with Crippen molar-refractivity contribution in [3.8, 4) is 5.75 Å². The summed E-state index contributed by atoms with van der Waals surface area (Å²) in [5, 5.41) is 7.54. The van der Waals surface area contributed by atoms with E-state index in [9.17, 15) is 9.59 Å². The lowest BCUT2D eigenvalue weighted by molar-refractivity contribution is 0.0603. The van der Waals surface area contributed by atoms with Crippen LogP contribution < -0.4 is 10.1 Å². The monoisotopic (exact) mass is 410 g/mol. The molecule has 3 heterocycles. The molecule has 7 nitrogen and oxygen atoms in total. The van der Waals surface area contributed by atoms with Crippen LogP contribution in [0.3, 0.4) is 0 Å². The molecule has 160 valence electrons. The van der Waals surface area contributed by atoms with E-state index in [1.807, 2.05) is 43.1 Å². The molecule has 1 aromatic carbocycles. The lowest BCUT2D eigenvalue weighted by atomic mass is 9.87. The van der Waals surface area contributed by atoms with E-state index in [2.05, 4.69) is 10.4 Å². The fraction of sp³-hybridized carbons (Fsp3) is 0.522. The molecule has 1 N–H and O–H groups in total. The zero-order valence-corrected chi connectivity index (χ0v) is 17.8. The number of hydrogen-bond donors (Lipinski definition) is 1. The molecule has 0 aliphatic carbocycles. The SMILES string of the molecule is Cc1nn(C)cc1C(=O)N1CC[C@H]2NC(=O)c3ccccc3OCCCCC[C@H]2C1. The average molecular weight is 411 g/mol. The van der Waals surface area contributed by atoms with Crippen LogP contribution in [0.5, 0.6) is 5.75 Å². The molecule has 2 aliphatic rings. The first-order valence-electron chi connectivity index (χ1n) is 10.8. The number of amides is 2. The Hall–Kier alpha value is -2.83. The van der Waals surface area contributed by atoms with E-state index in [1.165, 1.54) is 0 Å². The van der Waals surface area contributed by atoms with Gasteiger partial charge >= 0.3 is 0 Å². The van der Waals surface area contributed by atoms with Crippen molar-refractivity contribution in [2.45, 2.75) is 45.1 Å². The van der Waals surface area contributed by atoms with Gasteiger partial charge in [0.25, 0.3) is 11.8 Å². The number of carbonyl (C=O) groups excluding carboxylic acids is 2. The van der Waals surface area contributed by atoms with Gasteiger partial charge in [-0.1, -0.05) is 25.0 Å². The van der Waals surface area contributed by atoms with Crippen molar-refractivity contribution < 1.29 is 14.3 Å². The van der Waals surface area contributed by atoms with Crippen molar-refractivity contribution in [3.05, 3.63) is 47.3 Å². The summed E-state index contributed by atoms with van der Waals surface area (Å²) >= 11 is 0. The molecule has 1 saturated heterocycles. The topological polar surface area (TPSA) is 76.5 Å². The van der Waals surface area contributed by atoms with Crippen LogP contribution in [-0.4, -0.2) is 52.2 Å². The fourth-order valence-electron chi connectivity index (χ4n) is 4.57. The van der Waals surface area contributed by atoms with Gasteiger partial charge in [-0.05, 0) is 44.2 Å². The first-order chi connectivity index (χ1) is 14.5. The summed E-state index contributed by atoms with van der Waals surface area (Å²) in [5.41, 5.74) is 2.01. The number of aromatic nitrogens is 2. The molecule has 0 bridgehead atoms. The van der Waals surface area contributed by atoms with Crippen LogP contribution in [0.2, 0.25) is 0 Å². The maximum atomic E-state index is 13.1. The second-order valence-electron chi connectivity index (χ2n) is 8.38. The van der Waals surface area contributed by atoms with Gasteiger partial charge < -0.3 is 15.0 Å². The summed E-state index contributed by atoms with van der Waals surface area (Å²) < 4.78 is 7.54. The summed E-state index contributed by atoms with van der Waals surface area (Å²) in [6.07, 6.45) is 6.65. The van der Waals surface area contributed by atoms with Gasteiger partial charge in [-0.25, -0.2) is 0 Å². The summed E-state index contributed by atoms with van der Waals surface area (Å²) in [6.45, 7) is 3.78. The van der Waals surface area contributed by atoms with Crippen LogP contribution in [-0.2, 0) is 7.05 Å². The largest absolute Gasteiger partial charge is 0.493 e. The van der Waals surface area contributed by atoms with Gasteiger partial charge in [0.05, 0.1) is 23.4 Å². The van der Waals surface area contributed by atoms with E-state index in [-0.39, 0.29) is 23.8 Å². The molecule has 30 heavy (non-hydrogen) atoms. The highest BCUT2D eigenvalue weighted by molar-refractivity contribution is 5.97. The number of carbonyl (C=O) groups is 2. The zero-order valence-electron chi connectivity index (χ0n) is 17.8. The highest BCUT2D eigenvalue weighted by Crippen LogP contribution is 2.27. The predicted octanol–water partition coefficient (Wildman–Crippen LogP) is 2.94. The number of ether oxygens (including phenoxy) is 1. The number of nitrogens with zero attached hydrogens (tertiary/aromatic N) is 3. The van der Waals surface area contributed by atoms with Gasteiger partial charge in [-0.3, -0.25) is 14.3 Å². The standard InChI is InChI=1S/C23H30N4O3/c1-16-19(15-26(2)25-16)23(29)27-12-11-20-17(14-27)8-4-3-7-13-30-21-10-6-5-9-18(21)22(28)24-20/h5-6,9-10,15,17,20H,3-4,7-8,11-14H2,1-2H3,(H,24,28)/t17-,20+/m0/s1. The van der Waals surface area contributed by atoms with Crippen LogP contribution in [0, 0.1) is 12.8 Å². The number of likely N-dealkylation sites (tertiary alicyclic amines) is 1. The number of aryl methyl sites for hydroxylation is 2. The highest BCUT2D eigenvalue weighted by Gasteiger charge is 2.34. The summed E-state index contributed by atoms with van der Waals surface area (Å²) in [7, 11) is 1.83. The van der Waals surface area contributed by atoms with Crippen LogP contribution in [0.1, 0.15) is 58.5 Å². The molecule has 1 fully saturated rings. The average Bonchev–Trinajstić information content (AvgIpc) is 3.08. The minimum atomic E-state index is -0.0935. The third-order valence-corrected chi connectivity index (χ3v) is 6.19. The first-order valence-corrected chi connectivity index (χ1v) is 10.8. The number of rotatable bonds is 1. The zero-order chi connectivity index (χ0) is 21.1. The van der Waals surface area contributed by atoms with Crippen molar-refractivity contribution in [3.63, 3.8) is 0 Å². The molecule has 0 saturated carbocycles. The van der Waals surface area contributed by atoms with E-state index in [0.29, 0.717) is 36.6 Å². The van der Waals surface area contributed by atoms with E-state index >= 15 is 0 Å². The molecular formula is C23H30N4O3. The maximum Gasteiger partial charge on any atom is 0.257 e. The third-order valence-electron chi connectivity index (χ3n) is 6.19. The first kappa shape index (κ1) is 20.4. The molecule has 0 spiro atoms. The Morgan fingerprint density at radius 1 is 1.20 bits per heavy atom. The Bertz CT molecular complexity index is 923. The lowest BCUT2D eigenvalue weighted by Gasteiger charge is -2.39. The van der Waals surface area contributed by atoms with Crippen LogP contribution in [0.25, 0.3) is 0 Å². The molecule has 0 unspecified atom stereocenters. The molecule has 2 amide bonds.